The molecule has 0 saturated carbocycles. The molecule has 1 heterocycles. The van der Waals surface area contributed by atoms with Crippen LogP contribution in [0.15, 0.2) is 29.5 Å². The third kappa shape index (κ3) is 8.03. The van der Waals surface area contributed by atoms with Gasteiger partial charge in [0.25, 0.3) is 0 Å². The van der Waals surface area contributed by atoms with Crippen LogP contribution in [0.2, 0.25) is 0 Å². The van der Waals surface area contributed by atoms with Crippen molar-refractivity contribution < 1.29 is 4.74 Å². The zero-order chi connectivity index (χ0) is 21.9. The zero-order valence-corrected chi connectivity index (χ0v) is 22.1. The van der Waals surface area contributed by atoms with Crippen LogP contribution < -0.4 is 10.6 Å². The molecule has 0 amide bonds. The first-order valence-electron chi connectivity index (χ1n) is 11.8. The van der Waals surface area contributed by atoms with Crippen LogP contribution in [0.3, 0.4) is 0 Å². The highest BCUT2D eigenvalue weighted by molar-refractivity contribution is 14.0. The number of nitrogens with one attached hydrogen (secondary N) is 2. The maximum atomic E-state index is 5.45. The van der Waals surface area contributed by atoms with Crippen LogP contribution in [0.5, 0.6) is 0 Å². The molecular formula is C24H39IN6O. The van der Waals surface area contributed by atoms with Gasteiger partial charge in [0.05, 0.1) is 6.04 Å². The van der Waals surface area contributed by atoms with Gasteiger partial charge in [0.15, 0.2) is 5.96 Å². The van der Waals surface area contributed by atoms with E-state index in [0.717, 1.165) is 57.5 Å². The molecule has 1 aromatic heterocycles. The summed E-state index contributed by atoms with van der Waals surface area (Å²) in [5.74, 6) is 1.85. The molecule has 2 N–H and O–H groups in total. The molecule has 0 aliphatic heterocycles. The summed E-state index contributed by atoms with van der Waals surface area (Å²) in [4.78, 5) is 4.78. The van der Waals surface area contributed by atoms with Gasteiger partial charge < -0.3 is 19.9 Å². The van der Waals surface area contributed by atoms with Crippen LogP contribution in [-0.4, -0.2) is 47.0 Å². The lowest BCUT2D eigenvalue weighted by Crippen LogP contribution is -2.40. The average Bonchev–Trinajstić information content (AvgIpc) is 3.25. The van der Waals surface area contributed by atoms with Gasteiger partial charge >= 0.3 is 0 Å². The van der Waals surface area contributed by atoms with Crippen molar-refractivity contribution in [1.82, 2.24) is 25.4 Å². The van der Waals surface area contributed by atoms with E-state index in [1.807, 2.05) is 6.92 Å². The quantitative estimate of drug-likeness (QED) is 0.190. The molecule has 0 saturated heterocycles. The summed E-state index contributed by atoms with van der Waals surface area (Å²) < 4.78 is 7.54. The largest absolute Gasteiger partial charge is 0.382 e. The fraction of sp³-hybridized carbons (Fsp3) is 0.625. The highest BCUT2D eigenvalue weighted by Gasteiger charge is 2.13. The summed E-state index contributed by atoms with van der Waals surface area (Å²) in [5.41, 5.74) is 4.35. The molecule has 7 nitrogen and oxygen atoms in total. The van der Waals surface area contributed by atoms with Crippen molar-refractivity contribution in [3.05, 3.63) is 47.0 Å². The van der Waals surface area contributed by atoms with Crippen LogP contribution in [0, 0.1) is 0 Å². The van der Waals surface area contributed by atoms with E-state index in [2.05, 4.69) is 57.4 Å². The van der Waals surface area contributed by atoms with Crippen LogP contribution in [0.25, 0.3) is 0 Å². The van der Waals surface area contributed by atoms with Crippen molar-refractivity contribution >= 4 is 29.9 Å². The number of aromatic nitrogens is 3. The average molecular weight is 555 g/mol. The summed E-state index contributed by atoms with van der Waals surface area (Å²) in [6.07, 6.45) is 8.62. The van der Waals surface area contributed by atoms with Gasteiger partial charge in [0.2, 0.25) is 0 Å². The fourth-order valence-electron chi connectivity index (χ4n) is 4.00. The first kappa shape index (κ1) is 26.6. The highest BCUT2D eigenvalue weighted by Crippen LogP contribution is 2.24. The third-order valence-corrected chi connectivity index (χ3v) is 5.80. The van der Waals surface area contributed by atoms with Gasteiger partial charge in [0.1, 0.15) is 12.2 Å². The molecule has 1 aliphatic carbocycles. The summed E-state index contributed by atoms with van der Waals surface area (Å²) in [7, 11) is 0. The monoisotopic (exact) mass is 554 g/mol. The van der Waals surface area contributed by atoms with Crippen molar-refractivity contribution in [2.75, 3.05) is 26.3 Å². The number of benzene rings is 1. The number of ether oxygens (including phenoxy) is 1. The minimum absolute atomic E-state index is 0. The molecule has 1 aromatic carbocycles. The van der Waals surface area contributed by atoms with Gasteiger partial charge in [0, 0.05) is 39.3 Å². The lowest BCUT2D eigenvalue weighted by molar-refractivity contribution is 0.146. The number of hydrogen-bond acceptors (Lipinski definition) is 4. The van der Waals surface area contributed by atoms with Gasteiger partial charge in [-0.15, -0.1) is 34.2 Å². The summed E-state index contributed by atoms with van der Waals surface area (Å²) in [5, 5.41) is 15.3. The van der Waals surface area contributed by atoms with Crippen LogP contribution in [-0.2, 0) is 30.5 Å². The smallest absolute Gasteiger partial charge is 0.191 e. The van der Waals surface area contributed by atoms with E-state index in [0.29, 0.717) is 0 Å². The Balaban J connectivity index is 0.00000363. The molecule has 8 heteroatoms. The topological polar surface area (TPSA) is 76.4 Å². The number of aryl methyl sites for hydroxylation is 3. The lowest BCUT2D eigenvalue weighted by atomic mass is 9.89. The van der Waals surface area contributed by atoms with Crippen LogP contribution in [0.4, 0.5) is 0 Å². The Morgan fingerprint density at radius 2 is 2.03 bits per heavy atom. The first-order valence-corrected chi connectivity index (χ1v) is 11.8. The Hall–Kier alpha value is -1.68. The molecule has 32 heavy (non-hydrogen) atoms. The van der Waals surface area contributed by atoms with Gasteiger partial charge in [-0.1, -0.05) is 25.1 Å². The van der Waals surface area contributed by atoms with E-state index in [4.69, 9.17) is 9.73 Å². The Morgan fingerprint density at radius 3 is 2.81 bits per heavy atom. The molecule has 0 fully saturated rings. The predicted octanol–water partition coefficient (Wildman–Crippen LogP) is 4.06. The number of nitrogens with zero attached hydrogens (tertiary/aromatic N) is 4. The van der Waals surface area contributed by atoms with Crippen molar-refractivity contribution in [3.8, 4) is 0 Å². The Bertz CT molecular complexity index is 838. The molecule has 0 bridgehead atoms. The minimum Gasteiger partial charge on any atom is -0.382 e. The lowest BCUT2D eigenvalue weighted by Gasteiger charge is -2.22. The van der Waals surface area contributed by atoms with Crippen molar-refractivity contribution in [2.24, 2.45) is 4.99 Å². The van der Waals surface area contributed by atoms with E-state index in [1.54, 1.807) is 6.33 Å². The van der Waals surface area contributed by atoms with Crippen LogP contribution in [0.1, 0.15) is 68.6 Å². The van der Waals surface area contributed by atoms with Crippen molar-refractivity contribution in [1.29, 1.82) is 0 Å². The molecule has 1 atom stereocenters. The second-order valence-electron chi connectivity index (χ2n) is 8.10. The SMILES string of the molecule is CCOCCCN=C(NCCn1cnnc1CC)NC(C)c1ccc2c(c1)CCCC2.I. The number of fused-ring (bicyclic) bond motifs is 1. The summed E-state index contributed by atoms with van der Waals surface area (Å²) in [6, 6.07) is 7.14. The molecule has 2 aromatic rings. The number of halogens is 1. The standard InChI is InChI=1S/C24H38N6O.HI/c1-4-23-29-27-18-30(23)15-14-26-24(25-13-8-16-31-5-2)28-19(3)21-12-11-20-9-6-7-10-22(20)17-21;/h11-12,17-19H,4-10,13-16H2,1-3H3,(H2,25,26,28);1H. The number of aliphatic imine (C=N–C) groups is 1. The molecule has 1 unspecified atom stereocenters. The first-order chi connectivity index (χ1) is 15.2. The number of hydrogen-bond donors (Lipinski definition) is 2. The Kier molecular flexibility index (Phi) is 12.0. The Labute approximate surface area is 209 Å². The van der Waals surface area contributed by atoms with Gasteiger partial charge in [-0.25, -0.2) is 0 Å². The van der Waals surface area contributed by atoms with E-state index < -0.39 is 0 Å². The number of rotatable bonds is 11. The van der Waals surface area contributed by atoms with Gasteiger partial charge in [-0.3, -0.25) is 4.99 Å². The van der Waals surface area contributed by atoms with Crippen molar-refractivity contribution in [2.45, 2.75) is 71.9 Å². The molecule has 3 rings (SSSR count). The van der Waals surface area contributed by atoms with E-state index >= 15 is 0 Å². The molecule has 0 radical (unpaired) electrons. The summed E-state index contributed by atoms with van der Waals surface area (Å²) in [6.45, 7) is 10.1. The predicted molar refractivity (Wildman–Crippen MR) is 141 cm³/mol. The van der Waals surface area contributed by atoms with E-state index in [-0.39, 0.29) is 30.0 Å². The molecular weight excluding hydrogens is 515 g/mol. The molecule has 1 aliphatic rings. The molecule has 178 valence electrons. The third-order valence-electron chi connectivity index (χ3n) is 5.80. The zero-order valence-electron chi connectivity index (χ0n) is 19.8. The van der Waals surface area contributed by atoms with E-state index in [1.165, 1.54) is 42.4 Å². The van der Waals surface area contributed by atoms with Gasteiger partial charge in [-0.05, 0) is 62.6 Å². The maximum absolute atomic E-state index is 5.45. The van der Waals surface area contributed by atoms with Crippen molar-refractivity contribution in [3.63, 3.8) is 0 Å². The maximum Gasteiger partial charge on any atom is 0.191 e. The fourth-order valence-corrected chi connectivity index (χ4v) is 4.00. The summed E-state index contributed by atoms with van der Waals surface area (Å²) >= 11 is 0. The highest BCUT2D eigenvalue weighted by atomic mass is 127. The van der Waals surface area contributed by atoms with Crippen LogP contribution >= 0.6 is 24.0 Å². The second kappa shape index (κ2) is 14.5. The Morgan fingerprint density at radius 1 is 1.22 bits per heavy atom. The second-order valence-corrected chi connectivity index (χ2v) is 8.10. The molecule has 0 spiro atoms. The normalized spacial score (nSPS) is 14.4. The minimum atomic E-state index is 0. The van der Waals surface area contributed by atoms with E-state index in [9.17, 15) is 0 Å². The number of guanidine groups is 1. The van der Waals surface area contributed by atoms with Gasteiger partial charge in [-0.2, -0.15) is 0 Å².